The highest BCUT2D eigenvalue weighted by Gasteiger charge is 2.37. The molecule has 0 radical (unpaired) electrons. The summed E-state index contributed by atoms with van der Waals surface area (Å²) in [6.07, 6.45) is 9.33. The zero-order valence-corrected chi connectivity index (χ0v) is 18.6. The van der Waals surface area contributed by atoms with Gasteiger partial charge in [0.2, 0.25) is 0 Å². The Morgan fingerprint density at radius 1 is 0.862 bits per heavy atom. The fraction of sp³-hybridized carbons (Fsp3) is 0.600. The van der Waals surface area contributed by atoms with E-state index in [2.05, 4.69) is 79.1 Å². The summed E-state index contributed by atoms with van der Waals surface area (Å²) in [5.41, 5.74) is 5.00. The third-order valence-corrected chi connectivity index (χ3v) is 7.07. The van der Waals surface area contributed by atoms with Gasteiger partial charge in [0, 0.05) is 43.0 Å². The molecule has 4 rings (SSSR count). The van der Waals surface area contributed by atoms with Gasteiger partial charge in [0.15, 0.2) is 0 Å². The number of piperidine rings is 1. The van der Waals surface area contributed by atoms with E-state index < -0.39 is 0 Å². The molecule has 156 valence electrons. The van der Waals surface area contributed by atoms with Crippen LogP contribution in [-0.4, -0.2) is 36.1 Å². The normalized spacial score (nSPS) is 20.5. The minimum Gasteiger partial charge on any atom is -0.370 e. The standard InChI is InChI=1S/C25H36N4/c1-19(2)23-10-8-22(16-26-23)29-15-12-20(18-29)25(3,4)24-11-9-21(17-27-24)28-13-6-5-7-14-28/h8-11,16-17,19-20H,5-7,12-15,18H2,1-4H3. The quantitative estimate of drug-likeness (QED) is 0.682. The molecule has 2 aliphatic rings. The zero-order valence-electron chi connectivity index (χ0n) is 18.6. The molecule has 0 aliphatic carbocycles. The van der Waals surface area contributed by atoms with Crippen molar-refractivity contribution in [2.24, 2.45) is 5.92 Å². The van der Waals surface area contributed by atoms with Gasteiger partial charge >= 0.3 is 0 Å². The van der Waals surface area contributed by atoms with Crippen molar-refractivity contribution in [2.45, 2.75) is 64.7 Å². The first-order valence-corrected chi connectivity index (χ1v) is 11.4. The molecule has 0 bridgehead atoms. The first-order chi connectivity index (χ1) is 13.9. The van der Waals surface area contributed by atoms with Crippen molar-refractivity contribution in [1.29, 1.82) is 0 Å². The predicted octanol–water partition coefficient (Wildman–Crippen LogP) is 5.39. The Balaban J connectivity index is 1.43. The van der Waals surface area contributed by atoms with Crippen molar-refractivity contribution < 1.29 is 0 Å². The van der Waals surface area contributed by atoms with Crippen LogP contribution in [0.2, 0.25) is 0 Å². The topological polar surface area (TPSA) is 32.3 Å². The van der Waals surface area contributed by atoms with Crippen LogP contribution in [0.4, 0.5) is 11.4 Å². The molecule has 4 nitrogen and oxygen atoms in total. The van der Waals surface area contributed by atoms with E-state index in [1.54, 1.807) is 0 Å². The molecule has 0 saturated carbocycles. The Bertz CT molecular complexity index is 789. The van der Waals surface area contributed by atoms with Crippen molar-refractivity contribution in [1.82, 2.24) is 9.97 Å². The molecule has 0 spiro atoms. The minimum absolute atomic E-state index is 0.0699. The average Bonchev–Trinajstić information content (AvgIpc) is 3.26. The van der Waals surface area contributed by atoms with Gasteiger partial charge in [-0.15, -0.1) is 0 Å². The average molecular weight is 393 g/mol. The van der Waals surface area contributed by atoms with Crippen molar-refractivity contribution in [2.75, 3.05) is 36.0 Å². The van der Waals surface area contributed by atoms with Gasteiger partial charge < -0.3 is 9.80 Å². The third-order valence-electron chi connectivity index (χ3n) is 7.07. The fourth-order valence-corrected chi connectivity index (χ4v) is 4.83. The Morgan fingerprint density at radius 3 is 2.17 bits per heavy atom. The van der Waals surface area contributed by atoms with Gasteiger partial charge in [-0.25, -0.2) is 0 Å². The summed E-state index contributed by atoms with van der Waals surface area (Å²) in [4.78, 5) is 14.6. The van der Waals surface area contributed by atoms with Crippen molar-refractivity contribution >= 4 is 11.4 Å². The number of aromatic nitrogens is 2. The van der Waals surface area contributed by atoms with Crippen LogP contribution >= 0.6 is 0 Å². The van der Waals surface area contributed by atoms with Crippen molar-refractivity contribution in [3.63, 3.8) is 0 Å². The molecule has 2 aromatic heterocycles. The first kappa shape index (κ1) is 20.2. The van der Waals surface area contributed by atoms with Crippen LogP contribution < -0.4 is 9.80 Å². The van der Waals surface area contributed by atoms with E-state index >= 15 is 0 Å². The summed E-state index contributed by atoms with van der Waals surface area (Å²) in [7, 11) is 0. The molecular formula is C25H36N4. The SMILES string of the molecule is CC(C)c1ccc(N2CCC(C(C)(C)c3ccc(N4CCCCC4)cn3)C2)cn1. The summed E-state index contributed by atoms with van der Waals surface area (Å²) in [5, 5.41) is 0. The van der Waals surface area contributed by atoms with Crippen LogP contribution in [0.3, 0.4) is 0 Å². The van der Waals surface area contributed by atoms with Crippen LogP contribution in [0, 0.1) is 5.92 Å². The molecule has 0 amide bonds. The van der Waals surface area contributed by atoms with Gasteiger partial charge in [-0.3, -0.25) is 9.97 Å². The highest BCUT2D eigenvalue weighted by molar-refractivity contribution is 5.47. The molecule has 2 aliphatic heterocycles. The van der Waals surface area contributed by atoms with Crippen LogP contribution in [0.1, 0.15) is 70.7 Å². The Kier molecular flexibility index (Phi) is 5.80. The lowest BCUT2D eigenvalue weighted by molar-refractivity contribution is 0.337. The van der Waals surface area contributed by atoms with Crippen LogP contribution in [-0.2, 0) is 5.41 Å². The van der Waals surface area contributed by atoms with Gasteiger partial charge in [0.25, 0.3) is 0 Å². The summed E-state index contributed by atoms with van der Waals surface area (Å²) in [6.45, 7) is 13.6. The summed E-state index contributed by atoms with van der Waals surface area (Å²) in [5.74, 6) is 1.08. The van der Waals surface area contributed by atoms with E-state index in [0.717, 1.165) is 13.1 Å². The second-order valence-corrected chi connectivity index (χ2v) is 9.70. The van der Waals surface area contributed by atoms with E-state index in [1.165, 1.54) is 61.5 Å². The van der Waals surface area contributed by atoms with Crippen molar-refractivity contribution in [3.8, 4) is 0 Å². The number of hydrogen-bond acceptors (Lipinski definition) is 4. The third kappa shape index (κ3) is 4.26. The van der Waals surface area contributed by atoms with Gasteiger partial charge in [-0.1, -0.05) is 27.7 Å². The number of rotatable bonds is 5. The van der Waals surface area contributed by atoms with Gasteiger partial charge in [0.05, 0.1) is 23.8 Å². The monoisotopic (exact) mass is 392 g/mol. The fourth-order valence-electron chi connectivity index (χ4n) is 4.83. The molecular weight excluding hydrogens is 356 g/mol. The van der Waals surface area contributed by atoms with E-state index in [0.29, 0.717) is 11.8 Å². The lowest BCUT2D eigenvalue weighted by Crippen LogP contribution is -2.33. The highest BCUT2D eigenvalue weighted by Crippen LogP contribution is 2.38. The molecule has 1 atom stereocenters. The Morgan fingerprint density at radius 2 is 1.55 bits per heavy atom. The smallest absolute Gasteiger partial charge is 0.0553 e. The highest BCUT2D eigenvalue weighted by atomic mass is 15.2. The van der Waals surface area contributed by atoms with Crippen LogP contribution in [0.15, 0.2) is 36.7 Å². The molecule has 2 saturated heterocycles. The summed E-state index contributed by atoms with van der Waals surface area (Å²) in [6, 6.07) is 8.98. The lowest BCUT2D eigenvalue weighted by Gasteiger charge is -2.33. The Labute approximate surface area is 176 Å². The maximum atomic E-state index is 4.93. The van der Waals surface area contributed by atoms with Gasteiger partial charge in [-0.2, -0.15) is 0 Å². The van der Waals surface area contributed by atoms with E-state index in [4.69, 9.17) is 4.98 Å². The molecule has 4 heterocycles. The molecule has 0 N–H and O–H groups in total. The molecule has 1 unspecified atom stereocenters. The number of pyridine rings is 2. The molecule has 2 aromatic rings. The Hall–Kier alpha value is -2.10. The van der Waals surface area contributed by atoms with Gasteiger partial charge in [0.1, 0.15) is 0 Å². The maximum Gasteiger partial charge on any atom is 0.0553 e. The maximum absolute atomic E-state index is 4.93. The van der Waals surface area contributed by atoms with E-state index in [1.807, 2.05) is 0 Å². The second-order valence-electron chi connectivity index (χ2n) is 9.70. The number of anilines is 2. The van der Waals surface area contributed by atoms with E-state index in [9.17, 15) is 0 Å². The molecule has 2 fully saturated rings. The summed E-state index contributed by atoms with van der Waals surface area (Å²) >= 11 is 0. The first-order valence-electron chi connectivity index (χ1n) is 11.4. The van der Waals surface area contributed by atoms with E-state index in [-0.39, 0.29) is 5.41 Å². The molecule has 29 heavy (non-hydrogen) atoms. The summed E-state index contributed by atoms with van der Waals surface area (Å²) < 4.78 is 0. The van der Waals surface area contributed by atoms with Crippen LogP contribution in [0.5, 0.6) is 0 Å². The number of hydrogen-bond donors (Lipinski definition) is 0. The largest absolute Gasteiger partial charge is 0.370 e. The zero-order chi connectivity index (χ0) is 20.4. The van der Waals surface area contributed by atoms with Crippen LogP contribution in [0.25, 0.3) is 0 Å². The number of nitrogens with zero attached hydrogens (tertiary/aromatic N) is 4. The molecule has 0 aromatic carbocycles. The molecule has 4 heteroatoms. The predicted molar refractivity (Wildman–Crippen MR) is 122 cm³/mol. The lowest BCUT2D eigenvalue weighted by atomic mass is 9.75. The van der Waals surface area contributed by atoms with Crippen molar-refractivity contribution in [3.05, 3.63) is 48.0 Å². The minimum atomic E-state index is 0.0699. The second kappa shape index (κ2) is 8.33. The van der Waals surface area contributed by atoms with Gasteiger partial charge in [-0.05, 0) is 61.8 Å².